The molecule has 2 rings (SSSR count). The molecule has 0 saturated carbocycles. The van der Waals surface area contributed by atoms with E-state index in [-0.39, 0.29) is 5.91 Å². The van der Waals surface area contributed by atoms with Gasteiger partial charge in [0.25, 0.3) is 5.91 Å². The lowest BCUT2D eigenvalue weighted by atomic mass is 10.3. The van der Waals surface area contributed by atoms with Gasteiger partial charge < -0.3 is 10.6 Å². The summed E-state index contributed by atoms with van der Waals surface area (Å²) >= 11 is 1.72. The van der Waals surface area contributed by atoms with Crippen LogP contribution < -0.4 is 10.6 Å². The Kier molecular flexibility index (Phi) is 5.68. The minimum absolute atomic E-state index is 0.198. The largest absolute Gasteiger partial charge is 0.369 e. The third-order valence-electron chi connectivity index (χ3n) is 2.94. The number of rotatable bonds is 7. The first-order valence-corrected chi connectivity index (χ1v) is 7.98. The van der Waals surface area contributed by atoms with E-state index in [2.05, 4.69) is 40.7 Å². The number of amides is 1. The van der Waals surface area contributed by atoms with Crippen molar-refractivity contribution in [1.82, 2.24) is 15.5 Å². The summed E-state index contributed by atoms with van der Waals surface area (Å²) in [5, 5.41) is 13.9. The Morgan fingerprint density at radius 3 is 2.57 bits per heavy atom. The molecule has 2 heterocycles. The number of anilines is 1. The zero-order valence-corrected chi connectivity index (χ0v) is 13.2. The zero-order chi connectivity index (χ0) is 15.1. The molecule has 0 radical (unpaired) electrons. The monoisotopic (exact) mass is 304 g/mol. The average molecular weight is 304 g/mol. The number of carbonyl (C=O) groups is 1. The number of nitrogens with one attached hydrogen (secondary N) is 2. The molecule has 1 amide bonds. The van der Waals surface area contributed by atoms with E-state index >= 15 is 0 Å². The number of nitrogens with zero attached hydrogens (tertiary/aromatic N) is 2. The van der Waals surface area contributed by atoms with Gasteiger partial charge in [0, 0.05) is 16.3 Å². The molecule has 21 heavy (non-hydrogen) atoms. The molecule has 0 saturated heterocycles. The van der Waals surface area contributed by atoms with Gasteiger partial charge >= 0.3 is 0 Å². The van der Waals surface area contributed by atoms with Crippen LogP contribution in [0.25, 0.3) is 0 Å². The van der Waals surface area contributed by atoms with Crippen LogP contribution in [0.4, 0.5) is 5.82 Å². The van der Waals surface area contributed by atoms with E-state index in [1.54, 1.807) is 23.5 Å². The third-order valence-corrected chi connectivity index (χ3v) is 4.17. The van der Waals surface area contributed by atoms with E-state index in [1.165, 1.54) is 4.88 Å². The summed E-state index contributed by atoms with van der Waals surface area (Å²) in [4.78, 5) is 14.5. The summed E-state index contributed by atoms with van der Waals surface area (Å²) in [5.41, 5.74) is 0.337. The molecule has 0 aromatic carbocycles. The van der Waals surface area contributed by atoms with Crippen LogP contribution in [0.15, 0.2) is 24.3 Å². The number of thiophene rings is 1. The number of carbonyl (C=O) groups excluding carboxylic acids is 1. The molecule has 0 bridgehead atoms. The molecule has 112 valence electrons. The van der Waals surface area contributed by atoms with Gasteiger partial charge in [-0.2, -0.15) is 0 Å². The van der Waals surface area contributed by atoms with Gasteiger partial charge in [-0.1, -0.05) is 13.8 Å². The molecule has 2 N–H and O–H groups in total. The number of aromatic nitrogens is 2. The van der Waals surface area contributed by atoms with Crippen molar-refractivity contribution in [3.8, 4) is 0 Å². The normalized spacial score (nSPS) is 10.4. The van der Waals surface area contributed by atoms with Crippen molar-refractivity contribution in [3.05, 3.63) is 39.7 Å². The molecule has 0 unspecified atom stereocenters. The van der Waals surface area contributed by atoms with Gasteiger partial charge in [-0.15, -0.1) is 21.5 Å². The maximum absolute atomic E-state index is 12.0. The highest BCUT2D eigenvalue weighted by Gasteiger charge is 2.08. The Bertz CT molecular complexity index is 580. The van der Waals surface area contributed by atoms with Crippen LogP contribution in [0.3, 0.4) is 0 Å². The van der Waals surface area contributed by atoms with Crippen molar-refractivity contribution in [2.75, 3.05) is 11.9 Å². The van der Waals surface area contributed by atoms with E-state index in [9.17, 15) is 4.79 Å². The fourth-order valence-electron chi connectivity index (χ4n) is 1.77. The second-order valence-electron chi connectivity index (χ2n) is 4.63. The Morgan fingerprint density at radius 1 is 1.14 bits per heavy atom. The summed E-state index contributed by atoms with van der Waals surface area (Å²) in [5.74, 6) is 0.496. The van der Waals surface area contributed by atoms with Gasteiger partial charge in [0.05, 0.1) is 6.54 Å². The van der Waals surface area contributed by atoms with Gasteiger partial charge in [-0.05, 0) is 37.1 Å². The summed E-state index contributed by atoms with van der Waals surface area (Å²) in [6.45, 7) is 5.58. The Labute approximate surface area is 128 Å². The van der Waals surface area contributed by atoms with Crippen LogP contribution in [-0.2, 0) is 13.0 Å². The molecule has 0 spiro atoms. The van der Waals surface area contributed by atoms with Crippen molar-refractivity contribution in [3.63, 3.8) is 0 Å². The first kappa shape index (κ1) is 15.4. The molecule has 0 atom stereocenters. The molecule has 5 nitrogen and oxygen atoms in total. The van der Waals surface area contributed by atoms with Crippen LogP contribution in [0.1, 0.15) is 40.5 Å². The van der Waals surface area contributed by atoms with E-state index in [0.717, 1.165) is 24.3 Å². The predicted octanol–water partition coefficient (Wildman–Crippen LogP) is 2.85. The van der Waals surface area contributed by atoms with Crippen molar-refractivity contribution >= 4 is 23.1 Å². The number of aryl methyl sites for hydroxylation is 1. The molecule has 2 aromatic heterocycles. The summed E-state index contributed by atoms with van der Waals surface area (Å²) < 4.78 is 0. The van der Waals surface area contributed by atoms with Gasteiger partial charge in [-0.3, -0.25) is 4.79 Å². The molecule has 0 aliphatic rings. The SMILES string of the molecule is CCCNc1ccc(C(=O)NCc2ccc(CC)s2)nn1. The summed E-state index contributed by atoms with van der Waals surface area (Å²) in [6, 6.07) is 7.61. The lowest BCUT2D eigenvalue weighted by molar-refractivity contribution is 0.0945. The minimum Gasteiger partial charge on any atom is -0.369 e. The first-order valence-electron chi connectivity index (χ1n) is 7.16. The highest BCUT2D eigenvalue weighted by molar-refractivity contribution is 7.11. The molecular weight excluding hydrogens is 284 g/mol. The average Bonchev–Trinajstić information content (AvgIpc) is 2.99. The van der Waals surface area contributed by atoms with Gasteiger partial charge in [-0.25, -0.2) is 0 Å². The third kappa shape index (κ3) is 4.53. The van der Waals surface area contributed by atoms with Crippen molar-refractivity contribution in [1.29, 1.82) is 0 Å². The fourth-order valence-corrected chi connectivity index (χ4v) is 2.66. The standard InChI is InChI=1S/C15H20N4OS/c1-3-9-16-14-8-7-13(18-19-14)15(20)17-10-12-6-5-11(4-2)21-12/h5-8H,3-4,9-10H2,1-2H3,(H,16,19)(H,17,20). The molecule has 0 aliphatic carbocycles. The Balaban J connectivity index is 1.87. The molecule has 0 fully saturated rings. The van der Waals surface area contributed by atoms with E-state index < -0.39 is 0 Å². The van der Waals surface area contributed by atoms with E-state index in [4.69, 9.17) is 0 Å². The van der Waals surface area contributed by atoms with Crippen molar-refractivity contribution in [2.45, 2.75) is 33.2 Å². The van der Waals surface area contributed by atoms with Crippen LogP contribution >= 0.6 is 11.3 Å². The Morgan fingerprint density at radius 2 is 1.95 bits per heavy atom. The van der Waals surface area contributed by atoms with E-state index in [1.807, 2.05) is 6.07 Å². The van der Waals surface area contributed by atoms with Gasteiger partial charge in [0.1, 0.15) is 5.82 Å². The highest BCUT2D eigenvalue weighted by atomic mass is 32.1. The summed E-state index contributed by atoms with van der Waals surface area (Å²) in [6.07, 6.45) is 2.04. The van der Waals surface area contributed by atoms with E-state index in [0.29, 0.717) is 18.1 Å². The van der Waals surface area contributed by atoms with Crippen LogP contribution in [-0.4, -0.2) is 22.6 Å². The lowest BCUT2D eigenvalue weighted by Crippen LogP contribution is -2.23. The van der Waals surface area contributed by atoms with Crippen LogP contribution in [0.5, 0.6) is 0 Å². The first-order chi connectivity index (χ1) is 10.2. The second kappa shape index (κ2) is 7.73. The molecule has 2 aromatic rings. The maximum Gasteiger partial charge on any atom is 0.272 e. The highest BCUT2D eigenvalue weighted by Crippen LogP contribution is 2.16. The number of hydrogen-bond donors (Lipinski definition) is 2. The van der Waals surface area contributed by atoms with Crippen molar-refractivity contribution in [2.24, 2.45) is 0 Å². The lowest BCUT2D eigenvalue weighted by Gasteiger charge is -2.05. The minimum atomic E-state index is -0.198. The second-order valence-corrected chi connectivity index (χ2v) is 5.89. The summed E-state index contributed by atoms with van der Waals surface area (Å²) in [7, 11) is 0. The zero-order valence-electron chi connectivity index (χ0n) is 12.3. The molecular formula is C15H20N4OS. The van der Waals surface area contributed by atoms with Crippen LogP contribution in [0, 0.1) is 0 Å². The fraction of sp³-hybridized carbons (Fsp3) is 0.400. The number of hydrogen-bond acceptors (Lipinski definition) is 5. The van der Waals surface area contributed by atoms with Gasteiger partial charge in [0.2, 0.25) is 0 Å². The molecule has 6 heteroatoms. The molecule has 0 aliphatic heterocycles. The topological polar surface area (TPSA) is 66.9 Å². The Hall–Kier alpha value is -1.95. The quantitative estimate of drug-likeness (QED) is 0.825. The van der Waals surface area contributed by atoms with Crippen LogP contribution in [0.2, 0.25) is 0 Å². The smallest absolute Gasteiger partial charge is 0.272 e. The van der Waals surface area contributed by atoms with Crippen molar-refractivity contribution < 1.29 is 4.79 Å². The maximum atomic E-state index is 12.0. The predicted molar refractivity (Wildman–Crippen MR) is 85.7 cm³/mol. The van der Waals surface area contributed by atoms with Gasteiger partial charge in [0.15, 0.2) is 5.69 Å².